The highest BCUT2D eigenvalue weighted by Gasteiger charge is 2.05. The zero-order chi connectivity index (χ0) is 10.4. The van der Waals surface area contributed by atoms with Crippen molar-refractivity contribution in [1.29, 1.82) is 5.26 Å². The summed E-state index contributed by atoms with van der Waals surface area (Å²) < 4.78 is 0.861. The first-order valence-corrected chi connectivity index (χ1v) is 5.51. The van der Waals surface area contributed by atoms with Crippen molar-refractivity contribution in [2.45, 2.75) is 0 Å². The van der Waals surface area contributed by atoms with Gasteiger partial charge in [0.2, 0.25) is 0 Å². The van der Waals surface area contributed by atoms with Crippen LogP contribution in [-0.4, -0.2) is 21.9 Å². The van der Waals surface area contributed by atoms with Gasteiger partial charge < -0.3 is 5.32 Å². The third-order valence-electron chi connectivity index (χ3n) is 1.51. The van der Waals surface area contributed by atoms with Crippen molar-refractivity contribution in [3.63, 3.8) is 0 Å². The second kappa shape index (κ2) is 5.54. The molecule has 1 rings (SSSR count). The van der Waals surface area contributed by atoms with E-state index in [1.807, 2.05) is 6.07 Å². The fourth-order valence-corrected chi connectivity index (χ4v) is 1.12. The number of hydrogen-bond donors (Lipinski definition) is 1. The van der Waals surface area contributed by atoms with Gasteiger partial charge >= 0.3 is 0 Å². The first-order valence-electron chi connectivity index (χ1n) is 3.98. The maximum Gasteiger partial charge on any atom is 0.269 e. The van der Waals surface area contributed by atoms with Crippen LogP contribution in [0.3, 0.4) is 0 Å². The van der Waals surface area contributed by atoms with Crippen molar-refractivity contribution in [2.75, 3.05) is 11.0 Å². The van der Waals surface area contributed by atoms with Gasteiger partial charge in [0.05, 0.1) is 5.56 Å². The Balaban J connectivity index is 2.68. The molecule has 1 aromatic heterocycles. The van der Waals surface area contributed by atoms with Gasteiger partial charge in [-0.05, 0) is 12.1 Å². The molecule has 0 unspecified atom stereocenters. The summed E-state index contributed by atoms with van der Waals surface area (Å²) in [5.41, 5.74) is 0.796. The molecule has 0 aliphatic carbocycles. The minimum absolute atomic E-state index is 0.203. The van der Waals surface area contributed by atoms with Crippen molar-refractivity contribution in [3.8, 4) is 6.07 Å². The lowest BCUT2D eigenvalue weighted by Gasteiger charge is -2.01. The molecule has 4 nitrogen and oxygen atoms in total. The number of pyridine rings is 1. The quantitative estimate of drug-likeness (QED) is 0.672. The number of nitrogens with zero attached hydrogens (tertiary/aromatic N) is 2. The molecular formula is C9H8IN3O. The molecule has 72 valence electrons. The first-order chi connectivity index (χ1) is 6.77. The van der Waals surface area contributed by atoms with E-state index in [0.717, 1.165) is 4.43 Å². The summed E-state index contributed by atoms with van der Waals surface area (Å²) in [5, 5.41) is 11.2. The van der Waals surface area contributed by atoms with E-state index in [-0.39, 0.29) is 5.91 Å². The van der Waals surface area contributed by atoms with Crippen molar-refractivity contribution in [2.24, 2.45) is 0 Å². The van der Waals surface area contributed by atoms with Gasteiger partial charge in [-0.2, -0.15) is 5.26 Å². The number of alkyl halides is 1. The molecular weight excluding hydrogens is 293 g/mol. The van der Waals surface area contributed by atoms with Gasteiger partial charge in [0.25, 0.3) is 5.91 Å². The van der Waals surface area contributed by atoms with Crippen LogP contribution in [0.2, 0.25) is 0 Å². The molecule has 5 heteroatoms. The van der Waals surface area contributed by atoms with E-state index < -0.39 is 0 Å². The van der Waals surface area contributed by atoms with E-state index >= 15 is 0 Å². The van der Waals surface area contributed by atoms with Crippen molar-refractivity contribution in [3.05, 3.63) is 29.6 Å². The number of halogens is 1. The predicted molar refractivity (Wildman–Crippen MR) is 60.2 cm³/mol. The first kappa shape index (κ1) is 10.9. The molecule has 1 amide bonds. The summed E-state index contributed by atoms with van der Waals surface area (Å²) in [4.78, 5) is 15.2. The number of aromatic nitrogens is 1. The van der Waals surface area contributed by atoms with Crippen LogP contribution >= 0.6 is 22.6 Å². The topological polar surface area (TPSA) is 65.8 Å². The smallest absolute Gasteiger partial charge is 0.269 e. The summed E-state index contributed by atoms with van der Waals surface area (Å²) in [7, 11) is 0. The Hall–Kier alpha value is -1.16. The summed E-state index contributed by atoms with van der Waals surface area (Å²) in [5.74, 6) is -0.203. The molecule has 1 aromatic rings. The highest BCUT2D eigenvalue weighted by Crippen LogP contribution is 1.98. The fourth-order valence-electron chi connectivity index (χ4n) is 0.846. The van der Waals surface area contributed by atoms with E-state index in [4.69, 9.17) is 5.26 Å². The number of amides is 1. The molecule has 0 aliphatic rings. The van der Waals surface area contributed by atoms with Gasteiger partial charge in [0.15, 0.2) is 0 Å². The third-order valence-corrected chi connectivity index (χ3v) is 2.04. The summed E-state index contributed by atoms with van der Waals surface area (Å²) in [6, 6.07) is 5.06. The van der Waals surface area contributed by atoms with Crippen LogP contribution in [0.1, 0.15) is 16.1 Å². The molecule has 0 aromatic carbocycles. The molecule has 0 saturated heterocycles. The van der Waals surface area contributed by atoms with E-state index in [9.17, 15) is 4.79 Å². The fraction of sp³-hybridized carbons (Fsp3) is 0.222. The molecule has 0 saturated carbocycles. The molecule has 0 radical (unpaired) electrons. The van der Waals surface area contributed by atoms with Gasteiger partial charge in [0, 0.05) is 17.2 Å². The molecule has 0 atom stereocenters. The van der Waals surface area contributed by atoms with Gasteiger partial charge in [-0.25, -0.2) is 4.98 Å². The number of nitrogens with one attached hydrogen (secondary N) is 1. The third kappa shape index (κ3) is 2.96. The minimum Gasteiger partial charge on any atom is -0.350 e. The van der Waals surface area contributed by atoms with Crippen molar-refractivity contribution >= 4 is 28.5 Å². The zero-order valence-electron chi connectivity index (χ0n) is 7.33. The number of rotatable bonds is 3. The molecule has 0 spiro atoms. The van der Waals surface area contributed by atoms with Gasteiger partial charge in [-0.15, -0.1) is 0 Å². The van der Waals surface area contributed by atoms with Crippen LogP contribution in [0.25, 0.3) is 0 Å². The summed E-state index contributed by atoms with van der Waals surface area (Å²) in [6.07, 6.45) is 1.39. The molecule has 14 heavy (non-hydrogen) atoms. The summed E-state index contributed by atoms with van der Waals surface area (Å²) in [6.45, 7) is 0.626. The number of nitriles is 1. The maximum atomic E-state index is 11.3. The second-order valence-corrected chi connectivity index (χ2v) is 3.57. The molecule has 0 aliphatic heterocycles. The number of carbonyl (C=O) groups is 1. The van der Waals surface area contributed by atoms with Crippen molar-refractivity contribution < 1.29 is 4.79 Å². The number of hydrogen-bond acceptors (Lipinski definition) is 3. The largest absolute Gasteiger partial charge is 0.350 e. The van der Waals surface area contributed by atoms with Gasteiger partial charge in [0.1, 0.15) is 11.8 Å². The van der Waals surface area contributed by atoms with Crippen LogP contribution in [0.4, 0.5) is 0 Å². The number of carbonyl (C=O) groups excluding carboxylic acids is 1. The second-order valence-electron chi connectivity index (χ2n) is 2.49. The van der Waals surface area contributed by atoms with Crippen LogP contribution < -0.4 is 5.32 Å². The monoisotopic (exact) mass is 301 g/mol. The van der Waals surface area contributed by atoms with Crippen molar-refractivity contribution in [1.82, 2.24) is 10.3 Å². The Morgan fingerprint density at radius 2 is 2.43 bits per heavy atom. The van der Waals surface area contributed by atoms with Crippen LogP contribution in [0, 0.1) is 11.3 Å². The van der Waals surface area contributed by atoms with E-state index in [2.05, 4.69) is 32.9 Å². The molecule has 0 bridgehead atoms. The lowest BCUT2D eigenvalue weighted by atomic mass is 10.2. The lowest BCUT2D eigenvalue weighted by Crippen LogP contribution is -2.25. The van der Waals surface area contributed by atoms with Gasteiger partial charge in [-0.3, -0.25) is 4.79 Å². The molecule has 1 N–H and O–H groups in total. The zero-order valence-corrected chi connectivity index (χ0v) is 9.48. The maximum absolute atomic E-state index is 11.3. The van der Waals surface area contributed by atoms with Gasteiger partial charge in [-0.1, -0.05) is 22.6 Å². The summed E-state index contributed by atoms with van der Waals surface area (Å²) >= 11 is 2.17. The Labute approximate surface area is 95.5 Å². The minimum atomic E-state index is -0.203. The lowest BCUT2D eigenvalue weighted by molar-refractivity contribution is 0.0951. The molecule has 1 heterocycles. The molecule has 0 fully saturated rings. The Kier molecular flexibility index (Phi) is 4.32. The van der Waals surface area contributed by atoms with Crippen LogP contribution in [0.5, 0.6) is 0 Å². The Morgan fingerprint density at radius 1 is 1.64 bits per heavy atom. The Bertz CT molecular complexity index is 355. The highest BCUT2D eigenvalue weighted by atomic mass is 127. The van der Waals surface area contributed by atoms with E-state index in [1.54, 1.807) is 12.1 Å². The van der Waals surface area contributed by atoms with E-state index in [1.165, 1.54) is 6.20 Å². The highest BCUT2D eigenvalue weighted by molar-refractivity contribution is 14.1. The van der Waals surface area contributed by atoms with Crippen LogP contribution in [0.15, 0.2) is 18.3 Å². The Morgan fingerprint density at radius 3 is 2.93 bits per heavy atom. The van der Waals surface area contributed by atoms with E-state index in [0.29, 0.717) is 17.8 Å². The standard InChI is InChI=1S/C9H8IN3O/c10-3-4-12-9(14)8-2-1-7(5-11)6-13-8/h1-2,6H,3-4H2,(H,12,14). The normalized spacial score (nSPS) is 9.14. The SMILES string of the molecule is N#Cc1ccc(C(=O)NCCI)nc1. The van der Waals surface area contributed by atoms with Crippen LogP contribution in [-0.2, 0) is 0 Å². The average molecular weight is 301 g/mol. The predicted octanol–water partition coefficient (Wildman–Crippen LogP) is 1.12. The average Bonchev–Trinajstić information content (AvgIpc) is 2.26.